The first kappa shape index (κ1) is 14.9. The molecule has 1 aromatic rings. The lowest BCUT2D eigenvalue weighted by Gasteiger charge is -2.52. The van der Waals surface area contributed by atoms with E-state index >= 15 is 0 Å². The highest BCUT2D eigenvalue weighted by Gasteiger charge is 2.60. The standard InChI is InChI=1S/C15H19N3O4/c19-12(20)14-6-15(13(21)22,9-16-7-14)11(18-8-14)5-10-3-1-2-4-17-10/h1-4,11,16,18H,5-9H2,(H,19,20)(H,21,22). The average Bonchev–Trinajstić information content (AvgIpc) is 2.51. The van der Waals surface area contributed by atoms with Crippen molar-refractivity contribution in [2.45, 2.75) is 18.9 Å². The van der Waals surface area contributed by atoms with Crippen molar-refractivity contribution in [3.05, 3.63) is 30.1 Å². The number of carboxylic acids is 2. The average molecular weight is 305 g/mol. The summed E-state index contributed by atoms with van der Waals surface area (Å²) in [6.07, 6.45) is 2.28. The monoisotopic (exact) mass is 305 g/mol. The van der Waals surface area contributed by atoms with E-state index in [9.17, 15) is 19.8 Å². The van der Waals surface area contributed by atoms with Crippen molar-refractivity contribution >= 4 is 11.9 Å². The summed E-state index contributed by atoms with van der Waals surface area (Å²) >= 11 is 0. The Labute approximate surface area is 127 Å². The Morgan fingerprint density at radius 1 is 1.23 bits per heavy atom. The Balaban J connectivity index is 1.92. The summed E-state index contributed by atoms with van der Waals surface area (Å²) in [6, 6.07) is 5.17. The molecule has 7 nitrogen and oxygen atoms in total. The first-order chi connectivity index (χ1) is 10.5. The summed E-state index contributed by atoms with van der Waals surface area (Å²) in [4.78, 5) is 27.8. The van der Waals surface area contributed by atoms with Crippen LogP contribution in [0.4, 0.5) is 0 Å². The number of hydrogen-bond acceptors (Lipinski definition) is 5. The first-order valence-corrected chi connectivity index (χ1v) is 7.29. The highest BCUT2D eigenvalue weighted by Crippen LogP contribution is 2.44. The second-order valence-electron chi connectivity index (χ2n) is 6.29. The number of hydrogen-bond donors (Lipinski definition) is 4. The minimum Gasteiger partial charge on any atom is -0.481 e. The SMILES string of the molecule is O=C(O)C12CNCC(C(=O)O)(C1)C(Cc1ccccn1)NC2. The Kier molecular flexibility index (Phi) is 3.62. The molecule has 2 aliphatic rings. The van der Waals surface area contributed by atoms with Gasteiger partial charge in [0.15, 0.2) is 0 Å². The van der Waals surface area contributed by atoms with Gasteiger partial charge >= 0.3 is 11.9 Å². The number of nitrogens with zero attached hydrogens (tertiary/aromatic N) is 1. The van der Waals surface area contributed by atoms with Crippen molar-refractivity contribution in [2.75, 3.05) is 19.6 Å². The molecule has 0 aromatic carbocycles. The fraction of sp³-hybridized carbons (Fsp3) is 0.533. The van der Waals surface area contributed by atoms with Gasteiger partial charge < -0.3 is 20.8 Å². The van der Waals surface area contributed by atoms with Crippen LogP contribution in [0.25, 0.3) is 0 Å². The molecule has 3 heterocycles. The lowest BCUT2D eigenvalue weighted by Crippen LogP contribution is -2.71. The van der Waals surface area contributed by atoms with E-state index in [0.29, 0.717) is 13.0 Å². The molecular formula is C15H19N3O4. The number of aromatic nitrogens is 1. The Morgan fingerprint density at radius 3 is 2.68 bits per heavy atom. The Bertz CT molecular complexity index is 594. The molecule has 0 saturated carbocycles. The molecule has 22 heavy (non-hydrogen) atoms. The van der Waals surface area contributed by atoms with Crippen molar-refractivity contribution in [1.82, 2.24) is 15.6 Å². The Morgan fingerprint density at radius 2 is 2.05 bits per heavy atom. The quantitative estimate of drug-likeness (QED) is 0.606. The van der Waals surface area contributed by atoms with Crippen LogP contribution in [-0.4, -0.2) is 52.8 Å². The number of piperidine rings is 2. The second-order valence-corrected chi connectivity index (χ2v) is 6.29. The van der Waals surface area contributed by atoms with Crippen LogP contribution >= 0.6 is 0 Å². The largest absolute Gasteiger partial charge is 0.481 e. The molecule has 118 valence electrons. The molecular weight excluding hydrogens is 286 g/mol. The van der Waals surface area contributed by atoms with Crippen molar-refractivity contribution in [3.8, 4) is 0 Å². The van der Waals surface area contributed by atoms with Gasteiger partial charge in [-0.2, -0.15) is 0 Å². The molecule has 0 amide bonds. The van der Waals surface area contributed by atoms with Crippen LogP contribution in [0.1, 0.15) is 12.1 Å². The van der Waals surface area contributed by atoms with Gasteiger partial charge in [-0.3, -0.25) is 14.6 Å². The van der Waals surface area contributed by atoms with Gasteiger partial charge in [0.25, 0.3) is 0 Å². The maximum absolute atomic E-state index is 12.0. The zero-order chi connectivity index (χ0) is 15.8. The van der Waals surface area contributed by atoms with E-state index in [2.05, 4.69) is 15.6 Å². The number of fused-ring (bicyclic) bond motifs is 2. The Hall–Kier alpha value is -1.99. The molecule has 1 aromatic heterocycles. The molecule has 3 unspecified atom stereocenters. The van der Waals surface area contributed by atoms with Gasteiger partial charge in [-0.25, -0.2) is 0 Å². The highest BCUT2D eigenvalue weighted by atomic mass is 16.4. The van der Waals surface area contributed by atoms with Crippen LogP contribution in [0.2, 0.25) is 0 Å². The molecule has 2 bridgehead atoms. The molecule has 7 heteroatoms. The van der Waals surface area contributed by atoms with Crippen LogP contribution in [-0.2, 0) is 16.0 Å². The predicted octanol–water partition coefficient (Wildman–Crippen LogP) is -0.269. The van der Waals surface area contributed by atoms with Gasteiger partial charge in [-0.15, -0.1) is 0 Å². The second kappa shape index (κ2) is 5.33. The minimum absolute atomic E-state index is 0.141. The fourth-order valence-electron chi connectivity index (χ4n) is 3.66. The van der Waals surface area contributed by atoms with E-state index in [4.69, 9.17) is 0 Å². The van der Waals surface area contributed by atoms with E-state index in [1.54, 1.807) is 6.20 Å². The first-order valence-electron chi connectivity index (χ1n) is 7.29. The van der Waals surface area contributed by atoms with E-state index in [-0.39, 0.29) is 25.6 Å². The predicted molar refractivity (Wildman–Crippen MR) is 77.4 cm³/mol. The molecule has 0 radical (unpaired) electrons. The summed E-state index contributed by atoms with van der Waals surface area (Å²) in [5, 5.41) is 25.5. The normalized spacial score (nSPS) is 34.1. The number of rotatable bonds is 4. The number of aliphatic carboxylic acids is 2. The topological polar surface area (TPSA) is 112 Å². The fourth-order valence-corrected chi connectivity index (χ4v) is 3.66. The van der Waals surface area contributed by atoms with Gasteiger partial charge in [0.05, 0.1) is 10.8 Å². The number of pyridine rings is 1. The number of carbonyl (C=O) groups is 2. The van der Waals surface area contributed by atoms with Crippen LogP contribution in [0.3, 0.4) is 0 Å². The van der Waals surface area contributed by atoms with Gasteiger partial charge in [0, 0.05) is 44.0 Å². The summed E-state index contributed by atoms with van der Waals surface area (Å²) in [5.41, 5.74) is -1.39. The van der Waals surface area contributed by atoms with Crippen LogP contribution in [0.15, 0.2) is 24.4 Å². The summed E-state index contributed by atoms with van der Waals surface area (Å²) in [5.74, 6) is -1.91. The smallest absolute Gasteiger partial charge is 0.312 e. The minimum atomic E-state index is -1.13. The molecule has 3 atom stereocenters. The van der Waals surface area contributed by atoms with Crippen LogP contribution in [0, 0.1) is 10.8 Å². The van der Waals surface area contributed by atoms with Crippen LogP contribution in [0.5, 0.6) is 0 Å². The summed E-state index contributed by atoms with van der Waals surface area (Å²) < 4.78 is 0. The third-order valence-electron chi connectivity index (χ3n) is 4.93. The van der Waals surface area contributed by atoms with E-state index in [1.165, 1.54) is 0 Å². The third-order valence-corrected chi connectivity index (χ3v) is 4.93. The van der Waals surface area contributed by atoms with Gasteiger partial charge in [-0.05, 0) is 18.6 Å². The van der Waals surface area contributed by atoms with E-state index in [1.807, 2.05) is 18.2 Å². The maximum Gasteiger partial charge on any atom is 0.312 e. The summed E-state index contributed by atoms with van der Waals surface area (Å²) in [6.45, 7) is 0.824. The van der Waals surface area contributed by atoms with Crippen LogP contribution < -0.4 is 10.6 Å². The molecule has 2 saturated heterocycles. The molecule has 0 aliphatic carbocycles. The van der Waals surface area contributed by atoms with Crippen molar-refractivity contribution in [3.63, 3.8) is 0 Å². The van der Waals surface area contributed by atoms with E-state index < -0.39 is 22.8 Å². The van der Waals surface area contributed by atoms with Crippen molar-refractivity contribution in [1.29, 1.82) is 0 Å². The number of nitrogens with one attached hydrogen (secondary N) is 2. The zero-order valence-corrected chi connectivity index (χ0v) is 12.1. The van der Waals surface area contributed by atoms with Gasteiger partial charge in [-0.1, -0.05) is 6.07 Å². The maximum atomic E-state index is 12.0. The molecule has 2 aliphatic heterocycles. The lowest BCUT2D eigenvalue weighted by atomic mass is 9.60. The van der Waals surface area contributed by atoms with Gasteiger partial charge in [0.2, 0.25) is 0 Å². The molecule has 2 fully saturated rings. The molecule has 4 N–H and O–H groups in total. The number of carboxylic acid groups (broad SMARTS) is 2. The lowest BCUT2D eigenvalue weighted by molar-refractivity contribution is -0.168. The van der Waals surface area contributed by atoms with Crippen molar-refractivity contribution < 1.29 is 19.8 Å². The summed E-state index contributed by atoms with van der Waals surface area (Å²) in [7, 11) is 0. The zero-order valence-electron chi connectivity index (χ0n) is 12.1. The molecule has 0 spiro atoms. The van der Waals surface area contributed by atoms with Gasteiger partial charge in [0.1, 0.15) is 0 Å². The van der Waals surface area contributed by atoms with Crippen molar-refractivity contribution in [2.24, 2.45) is 10.8 Å². The molecule has 3 rings (SSSR count). The highest BCUT2D eigenvalue weighted by molar-refractivity contribution is 5.82. The van der Waals surface area contributed by atoms with E-state index in [0.717, 1.165) is 5.69 Å². The third kappa shape index (κ3) is 2.26.